The lowest BCUT2D eigenvalue weighted by molar-refractivity contribution is -0.287. The van der Waals surface area contributed by atoms with Crippen LogP contribution in [0.5, 0.6) is 0 Å². The van der Waals surface area contributed by atoms with Crippen LogP contribution in [-0.4, -0.2) is 33.1 Å². The van der Waals surface area contributed by atoms with Crippen molar-refractivity contribution in [1.82, 2.24) is 0 Å². The molecule has 0 aromatic carbocycles. The summed E-state index contributed by atoms with van der Waals surface area (Å²) in [7, 11) is 0. The quantitative estimate of drug-likeness (QED) is 0.314. The van der Waals surface area contributed by atoms with Crippen LogP contribution in [0.25, 0.3) is 0 Å². The Morgan fingerprint density at radius 2 is 1.89 bits per heavy atom. The molecule has 0 fully saturated rings. The van der Waals surface area contributed by atoms with E-state index in [9.17, 15) is 4.79 Å². The van der Waals surface area contributed by atoms with Crippen molar-refractivity contribution in [2.45, 2.75) is 18.9 Å². The summed E-state index contributed by atoms with van der Waals surface area (Å²) in [6.45, 7) is 1.24. The summed E-state index contributed by atoms with van der Waals surface area (Å²) in [5, 5.41) is 24.4. The Bertz CT molecular complexity index is 114. The first-order valence-electron chi connectivity index (χ1n) is 2.32. The van der Waals surface area contributed by atoms with Gasteiger partial charge in [-0.2, -0.15) is 0 Å². The van der Waals surface area contributed by atoms with Crippen molar-refractivity contribution in [3.8, 4) is 0 Å². The highest BCUT2D eigenvalue weighted by Gasteiger charge is 2.32. The lowest BCUT2D eigenvalue weighted by atomic mass is 10.2. The van der Waals surface area contributed by atoms with Gasteiger partial charge in [-0.05, 0) is 6.92 Å². The van der Waals surface area contributed by atoms with Crippen LogP contribution < -0.4 is 5.73 Å². The monoisotopic (exact) mass is 135 g/mol. The fourth-order valence-corrected chi connectivity index (χ4v) is 0.305. The number of Topliss-reactive ketones (excluding diaryl/α,β-unsaturated/α-hetero) is 1. The molecule has 0 aromatic rings. The van der Waals surface area contributed by atoms with Gasteiger partial charge in [0.1, 0.15) is 0 Å². The maximum atomic E-state index is 10.3. The zero-order chi connectivity index (χ0) is 7.65. The highest BCUT2D eigenvalue weighted by Crippen LogP contribution is 1.96. The average molecular weight is 135 g/mol. The molecule has 9 heavy (non-hydrogen) atoms. The molecule has 0 amide bonds. The summed E-state index contributed by atoms with van der Waals surface area (Å²) in [5.74, 6) is -4.50. The first-order chi connectivity index (χ1) is 3.85. The van der Waals surface area contributed by atoms with Crippen LogP contribution >= 0.6 is 0 Å². The molecular weight excluding hydrogens is 126 g/mol. The standard InChI is InChI=1S/C4H9NO4/c1-2(5)3(6)4(7,8)9/h2,7-9H,5H2,1H3. The Morgan fingerprint density at radius 3 is 1.89 bits per heavy atom. The van der Waals surface area contributed by atoms with Gasteiger partial charge in [-0.3, -0.25) is 4.79 Å². The van der Waals surface area contributed by atoms with E-state index < -0.39 is 17.8 Å². The molecule has 0 bridgehead atoms. The number of ketones is 1. The van der Waals surface area contributed by atoms with Gasteiger partial charge in [0.15, 0.2) is 0 Å². The second-order valence-corrected chi connectivity index (χ2v) is 1.79. The van der Waals surface area contributed by atoms with E-state index in [1.807, 2.05) is 0 Å². The van der Waals surface area contributed by atoms with Gasteiger partial charge in [0.05, 0.1) is 6.04 Å². The molecule has 5 nitrogen and oxygen atoms in total. The number of hydrogen-bond acceptors (Lipinski definition) is 5. The third kappa shape index (κ3) is 2.52. The molecule has 0 spiro atoms. The van der Waals surface area contributed by atoms with E-state index in [2.05, 4.69) is 0 Å². The molecule has 1 atom stereocenters. The third-order valence-electron chi connectivity index (χ3n) is 0.744. The fraction of sp³-hybridized carbons (Fsp3) is 0.750. The molecule has 54 valence electrons. The number of aliphatic hydroxyl groups is 3. The molecule has 0 rings (SSSR count). The smallest absolute Gasteiger partial charge is 0.337 e. The van der Waals surface area contributed by atoms with Crippen molar-refractivity contribution in [2.75, 3.05) is 0 Å². The molecule has 0 saturated carbocycles. The van der Waals surface area contributed by atoms with Gasteiger partial charge >= 0.3 is 5.97 Å². The first-order valence-corrected chi connectivity index (χ1v) is 2.32. The highest BCUT2D eigenvalue weighted by molar-refractivity contribution is 5.88. The number of carbonyl (C=O) groups excluding carboxylic acids is 1. The largest absolute Gasteiger partial charge is 0.340 e. The van der Waals surface area contributed by atoms with Crippen molar-refractivity contribution in [1.29, 1.82) is 0 Å². The molecule has 0 aliphatic rings. The normalized spacial score (nSPS) is 15.2. The molecule has 0 heterocycles. The maximum absolute atomic E-state index is 10.3. The van der Waals surface area contributed by atoms with Crippen molar-refractivity contribution in [3.05, 3.63) is 0 Å². The van der Waals surface area contributed by atoms with E-state index in [1.54, 1.807) is 0 Å². The maximum Gasteiger partial charge on any atom is 0.340 e. The summed E-state index contributed by atoms with van der Waals surface area (Å²) < 4.78 is 0. The molecule has 5 N–H and O–H groups in total. The van der Waals surface area contributed by atoms with Crippen LogP contribution in [0.15, 0.2) is 0 Å². The topological polar surface area (TPSA) is 104 Å². The van der Waals surface area contributed by atoms with E-state index in [0.29, 0.717) is 0 Å². The van der Waals surface area contributed by atoms with Gasteiger partial charge in [0.25, 0.3) is 0 Å². The van der Waals surface area contributed by atoms with Crippen molar-refractivity contribution in [3.63, 3.8) is 0 Å². The minimum Gasteiger partial charge on any atom is -0.337 e. The molecule has 0 aliphatic carbocycles. The molecule has 1 unspecified atom stereocenters. The second-order valence-electron chi connectivity index (χ2n) is 1.79. The molecule has 0 aromatic heterocycles. The second kappa shape index (κ2) is 2.40. The molecular formula is C4H9NO4. The van der Waals surface area contributed by atoms with Gasteiger partial charge < -0.3 is 21.1 Å². The predicted octanol–water partition coefficient (Wildman–Crippen LogP) is -2.47. The minimum absolute atomic E-state index is 1.08. The zero-order valence-corrected chi connectivity index (χ0v) is 4.90. The van der Waals surface area contributed by atoms with Crippen LogP contribution in [0.4, 0.5) is 0 Å². The van der Waals surface area contributed by atoms with E-state index >= 15 is 0 Å². The summed E-state index contributed by atoms with van der Waals surface area (Å²) in [6, 6.07) is -1.08. The molecule has 0 radical (unpaired) electrons. The Kier molecular flexibility index (Phi) is 2.27. The fourth-order valence-electron chi connectivity index (χ4n) is 0.305. The Labute approximate surface area is 51.7 Å². The van der Waals surface area contributed by atoms with Gasteiger partial charge in [0, 0.05) is 0 Å². The van der Waals surface area contributed by atoms with E-state index in [4.69, 9.17) is 21.1 Å². The van der Waals surface area contributed by atoms with E-state index in [-0.39, 0.29) is 0 Å². The lowest BCUT2D eigenvalue weighted by Crippen LogP contribution is -2.47. The first kappa shape index (κ1) is 8.51. The average Bonchev–Trinajstić information content (AvgIpc) is 1.62. The van der Waals surface area contributed by atoms with Crippen LogP contribution in [0.1, 0.15) is 6.92 Å². The van der Waals surface area contributed by atoms with Gasteiger partial charge in [-0.1, -0.05) is 0 Å². The molecule has 0 aliphatic heterocycles. The van der Waals surface area contributed by atoms with E-state index in [1.165, 1.54) is 6.92 Å². The third-order valence-corrected chi connectivity index (χ3v) is 0.744. The number of nitrogens with two attached hydrogens (primary N) is 1. The van der Waals surface area contributed by atoms with Gasteiger partial charge in [0.2, 0.25) is 5.78 Å². The van der Waals surface area contributed by atoms with Crippen molar-refractivity contribution in [2.24, 2.45) is 5.73 Å². The Hall–Kier alpha value is -0.490. The van der Waals surface area contributed by atoms with Crippen LogP contribution in [0, 0.1) is 0 Å². The van der Waals surface area contributed by atoms with Crippen molar-refractivity contribution < 1.29 is 20.1 Å². The summed E-state index contributed by atoms with van der Waals surface area (Å²) >= 11 is 0. The molecule has 0 saturated heterocycles. The minimum atomic E-state index is -3.28. The van der Waals surface area contributed by atoms with Crippen LogP contribution in [0.3, 0.4) is 0 Å². The SMILES string of the molecule is CC(N)C(=O)C(O)(O)O. The van der Waals surface area contributed by atoms with Gasteiger partial charge in [-0.15, -0.1) is 0 Å². The zero-order valence-electron chi connectivity index (χ0n) is 4.90. The predicted molar refractivity (Wildman–Crippen MR) is 28.0 cm³/mol. The summed E-state index contributed by atoms with van der Waals surface area (Å²) in [5.41, 5.74) is 4.89. The lowest BCUT2D eigenvalue weighted by Gasteiger charge is -2.13. The van der Waals surface area contributed by atoms with Crippen molar-refractivity contribution >= 4 is 5.78 Å². The summed E-state index contributed by atoms with van der Waals surface area (Å²) in [6.07, 6.45) is 0. The Balaban J connectivity index is 4.06. The van der Waals surface area contributed by atoms with Crippen LogP contribution in [-0.2, 0) is 4.79 Å². The Morgan fingerprint density at radius 1 is 1.56 bits per heavy atom. The summed E-state index contributed by atoms with van der Waals surface area (Å²) in [4.78, 5) is 10.3. The highest BCUT2D eigenvalue weighted by atomic mass is 16.7. The molecule has 5 heteroatoms. The number of hydrogen-bond donors (Lipinski definition) is 4. The number of carbonyl (C=O) groups is 1. The number of rotatable bonds is 2. The van der Waals surface area contributed by atoms with Crippen LogP contribution in [0.2, 0.25) is 0 Å². The van der Waals surface area contributed by atoms with E-state index in [0.717, 1.165) is 0 Å². The van der Waals surface area contributed by atoms with Gasteiger partial charge in [-0.25, -0.2) is 0 Å².